The first-order valence-electron chi connectivity index (χ1n) is 8.33. The standard InChI is InChI=1S/C18H27FN2O2/c1-5-20(15(4)16-6-8-17(19)9-7-16)12-18(22)21-10-13(2)23-14(3)11-21/h6-9,13-15H,5,10-12H2,1-4H3. The number of hydrogen-bond acceptors (Lipinski definition) is 3. The average molecular weight is 322 g/mol. The van der Waals surface area contributed by atoms with Gasteiger partial charge in [-0.3, -0.25) is 9.69 Å². The van der Waals surface area contributed by atoms with Gasteiger partial charge in [0.2, 0.25) is 5.91 Å². The first kappa shape index (κ1) is 17.9. The van der Waals surface area contributed by atoms with Crippen LogP contribution in [0.5, 0.6) is 0 Å². The van der Waals surface area contributed by atoms with E-state index >= 15 is 0 Å². The molecule has 1 saturated heterocycles. The van der Waals surface area contributed by atoms with E-state index in [4.69, 9.17) is 4.74 Å². The summed E-state index contributed by atoms with van der Waals surface area (Å²) in [6.45, 7) is 10.5. The number of hydrogen-bond donors (Lipinski definition) is 0. The third-order valence-corrected chi connectivity index (χ3v) is 4.42. The Hall–Kier alpha value is -1.46. The largest absolute Gasteiger partial charge is 0.372 e. The van der Waals surface area contributed by atoms with Crippen molar-refractivity contribution < 1.29 is 13.9 Å². The van der Waals surface area contributed by atoms with Crippen LogP contribution in [-0.2, 0) is 9.53 Å². The maximum Gasteiger partial charge on any atom is 0.236 e. The van der Waals surface area contributed by atoms with Crippen LogP contribution in [0, 0.1) is 5.82 Å². The van der Waals surface area contributed by atoms with Gasteiger partial charge in [0.15, 0.2) is 0 Å². The van der Waals surface area contributed by atoms with Gasteiger partial charge in [-0.2, -0.15) is 0 Å². The molecule has 0 radical (unpaired) electrons. The molecule has 23 heavy (non-hydrogen) atoms. The minimum absolute atomic E-state index is 0.0698. The Kier molecular flexibility index (Phi) is 6.13. The summed E-state index contributed by atoms with van der Waals surface area (Å²) in [6, 6.07) is 6.57. The van der Waals surface area contributed by atoms with Gasteiger partial charge >= 0.3 is 0 Å². The van der Waals surface area contributed by atoms with E-state index in [1.54, 1.807) is 12.1 Å². The maximum atomic E-state index is 13.1. The summed E-state index contributed by atoms with van der Waals surface area (Å²) in [5, 5.41) is 0. The molecule has 0 N–H and O–H groups in total. The molecular weight excluding hydrogens is 295 g/mol. The third-order valence-electron chi connectivity index (χ3n) is 4.42. The van der Waals surface area contributed by atoms with Gasteiger partial charge in [-0.15, -0.1) is 0 Å². The Morgan fingerprint density at radius 1 is 1.30 bits per heavy atom. The zero-order valence-corrected chi connectivity index (χ0v) is 14.5. The molecule has 1 heterocycles. The van der Waals surface area contributed by atoms with Crippen LogP contribution >= 0.6 is 0 Å². The molecular formula is C18H27FN2O2. The molecule has 0 bridgehead atoms. The second kappa shape index (κ2) is 7.88. The van der Waals surface area contributed by atoms with E-state index in [2.05, 4.69) is 11.8 Å². The van der Waals surface area contributed by atoms with Gasteiger partial charge in [-0.05, 0) is 45.0 Å². The van der Waals surface area contributed by atoms with E-state index < -0.39 is 0 Å². The highest BCUT2D eigenvalue weighted by Gasteiger charge is 2.27. The SMILES string of the molecule is CCN(CC(=O)N1CC(C)OC(C)C1)C(C)c1ccc(F)cc1. The molecule has 0 spiro atoms. The summed E-state index contributed by atoms with van der Waals surface area (Å²) in [5.74, 6) is -0.112. The second-order valence-electron chi connectivity index (χ2n) is 6.35. The van der Waals surface area contributed by atoms with Gasteiger partial charge in [-0.1, -0.05) is 19.1 Å². The van der Waals surface area contributed by atoms with E-state index in [0.29, 0.717) is 19.6 Å². The van der Waals surface area contributed by atoms with Crippen LogP contribution in [0.1, 0.15) is 39.3 Å². The number of morpholine rings is 1. The van der Waals surface area contributed by atoms with Gasteiger partial charge in [0.25, 0.3) is 0 Å². The van der Waals surface area contributed by atoms with Crippen LogP contribution in [0.4, 0.5) is 4.39 Å². The molecule has 4 nitrogen and oxygen atoms in total. The van der Waals surface area contributed by atoms with E-state index in [1.165, 1.54) is 12.1 Å². The number of carbonyl (C=O) groups is 1. The number of likely N-dealkylation sites (N-methyl/N-ethyl adjacent to an activating group) is 1. The van der Waals surface area contributed by atoms with Gasteiger partial charge in [0, 0.05) is 19.1 Å². The van der Waals surface area contributed by atoms with Crippen molar-refractivity contribution >= 4 is 5.91 Å². The lowest BCUT2D eigenvalue weighted by Crippen LogP contribution is -2.51. The third kappa shape index (κ3) is 4.75. The predicted molar refractivity (Wildman–Crippen MR) is 88.7 cm³/mol. The fourth-order valence-corrected chi connectivity index (χ4v) is 3.13. The molecule has 3 unspecified atom stereocenters. The van der Waals surface area contributed by atoms with Crippen LogP contribution in [0.3, 0.4) is 0 Å². The first-order chi connectivity index (χ1) is 10.9. The quantitative estimate of drug-likeness (QED) is 0.836. The number of amides is 1. The van der Waals surface area contributed by atoms with Gasteiger partial charge in [-0.25, -0.2) is 4.39 Å². The topological polar surface area (TPSA) is 32.8 Å². The van der Waals surface area contributed by atoms with Crippen molar-refractivity contribution in [3.8, 4) is 0 Å². The Bertz CT molecular complexity index is 510. The Morgan fingerprint density at radius 2 is 1.87 bits per heavy atom. The lowest BCUT2D eigenvalue weighted by molar-refractivity contribution is -0.144. The number of halogens is 1. The molecule has 1 aliphatic rings. The van der Waals surface area contributed by atoms with Gasteiger partial charge in [0.1, 0.15) is 5.82 Å². The summed E-state index contributed by atoms with van der Waals surface area (Å²) in [6.07, 6.45) is 0.152. The molecule has 2 rings (SSSR count). The lowest BCUT2D eigenvalue weighted by Gasteiger charge is -2.37. The summed E-state index contributed by atoms with van der Waals surface area (Å²) >= 11 is 0. The van der Waals surface area contributed by atoms with E-state index in [1.807, 2.05) is 25.7 Å². The van der Waals surface area contributed by atoms with Crippen molar-refractivity contribution in [3.05, 3.63) is 35.6 Å². The van der Waals surface area contributed by atoms with Crippen LogP contribution in [0.25, 0.3) is 0 Å². The number of nitrogens with zero attached hydrogens (tertiary/aromatic N) is 2. The Labute approximate surface area is 138 Å². The Balaban J connectivity index is 2.00. The molecule has 1 fully saturated rings. The normalized spacial score (nSPS) is 23.1. The maximum absolute atomic E-state index is 13.1. The van der Waals surface area contributed by atoms with Crippen molar-refractivity contribution in [2.75, 3.05) is 26.2 Å². The number of benzene rings is 1. The summed E-state index contributed by atoms with van der Waals surface area (Å²) in [5.41, 5.74) is 1.02. The van der Waals surface area contributed by atoms with Crippen LogP contribution in [0.2, 0.25) is 0 Å². The van der Waals surface area contributed by atoms with E-state index in [0.717, 1.165) is 12.1 Å². The highest BCUT2D eigenvalue weighted by Crippen LogP contribution is 2.21. The van der Waals surface area contributed by atoms with Crippen molar-refractivity contribution in [1.29, 1.82) is 0 Å². The minimum atomic E-state index is -0.239. The molecule has 0 saturated carbocycles. The molecule has 1 aromatic carbocycles. The molecule has 1 amide bonds. The van der Waals surface area contributed by atoms with Gasteiger partial charge < -0.3 is 9.64 Å². The highest BCUT2D eigenvalue weighted by atomic mass is 19.1. The molecule has 5 heteroatoms. The molecule has 1 aromatic rings. The summed E-state index contributed by atoms with van der Waals surface area (Å²) < 4.78 is 18.8. The van der Waals surface area contributed by atoms with Crippen molar-refractivity contribution in [1.82, 2.24) is 9.80 Å². The molecule has 1 aliphatic heterocycles. The van der Waals surface area contributed by atoms with Gasteiger partial charge in [0.05, 0.1) is 18.8 Å². The molecule has 3 atom stereocenters. The summed E-state index contributed by atoms with van der Waals surface area (Å²) in [4.78, 5) is 16.6. The summed E-state index contributed by atoms with van der Waals surface area (Å²) in [7, 11) is 0. The van der Waals surface area contributed by atoms with Crippen LogP contribution in [-0.4, -0.2) is 54.1 Å². The second-order valence-corrected chi connectivity index (χ2v) is 6.35. The zero-order chi connectivity index (χ0) is 17.0. The Morgan fingerprint density at radius 3 is 2.39 bits per heavy atom. The monoisotopic (exact) mass is 322 g/mol. The van der Waals surface area contributed by atoms with E-state index in [9.17, 15) is 9.18 Å². The zero-order valence-electron chi connectivity index (χ0n) is 14.5. The van der Waals surface area contributed by atoms with Crippen molar-refractivity contribution in [3.63, 3.8) is 0 Å². The molecule has 0 aliphatic carbocycles. The minimum Gasteiger partial charge on any atom is -0.372 e. The van der Waals surface area contributed by atoms with Crippen LogP contribution < -0.4 is 0 Å². The number of ether oxygens (including phenoxy) is 1. The lowest BCUT2D eigenvalue weighted by atomic mass is 10.1. The van der Waals surface area contributed by atoms with Crippen molar-refractivity contribution in [2.45, 2.75) is 45.9 Å². The van der Waals surface area contributed by atoms with Crippen molar-refractivity contribution in [2.24, 2.45) is 0 Å². The fourth-order valence-electron chi connectivity index (χ4n) is 3.13. The number of rotatable bonds is 5. The fraction of sp³-hybridized carbons (Fsp3) is 0.611. The van der Waals surface area contributed by atoms with E-state index in [-0.39, 0.29) is 30.0 Å². The molecule has 0 aromatic heterocycles. The smallest absolute Gasteiger partial charge is 0.236 e. The average Bonchev–Trinajstić information content (AvgIpc) is 2.51. The predicted octanol–water partition coefficient (Wildman–Crippen LogP) is 2.84. The molecule has 128 valence electrons. The number of carbonyl (C=O) groups excluding carboxylic acids is 1. The van der Waals surface area contributed by atoms with Crippen LogP contribution in [0.15, 0.2) is 24.3 Å². The first-order valence-corrected chi connectivity index (χ1v) is 8.33. The highest BCUT2D eigenvalue weighted by molar-refractivity contribution is 5.78.